The van der Waals surface area contributed by atoms with Gasteiger partial charge in [-0.15, -0.1) is 0 Å². The van der Waals surface area contributed by atoms with Crippen LogP contribution in [0.3, 0.4) is 0 Å². The minimum Gasteiger partial charge on any atom is -0.481 e. The summed E-state index contributed by atoms with van der Waals surface area (Å²) in [5.74, 6) is -1.37. The first-order valence-corrected chi connectivity index (χ1v) is 5.91. The van der Waals surface area contributed by atoms with Gasteiger partial charge < -0.3 is 15.2 Å². The number of hydrogen-bond acceptors (Lipinski definition) is 3. The molecule has 5 nitrogen and oxygen atoms in total. The first-order chi connectivity index (χ1) is 7.85. The van der Waals surface area contributed by atoms with Crippen LogP contribution in [-0.4, -0.2) is 36.2 Å². The highest BCUT2D eigenvalue weighted by atomic mass is 16.5. The molecule has 0 aromatic rings. The van der Waals surface area contributed by atoms with Gasteiger partial charge in [0.15, 0.2) is 0 Å². The lowest BCUT2D eigenvalue weighted by Gasteiger charge is -2.24. The van der Waals surface area contributed by atoms with E-state index in [2.05, 4.69) is 5.32 Å². The second kappa shape index (κ2) is 5.49. The molecule has 0 aromatic carbocycles. The first-order valence-electron chi connectivity index (χ1n) is 5.91. The van der Waals surface area contributed by atoms with Crippen LogP contribution in [0.15, 0.2) is 0 Å². The number of carbonyl (C=O) groups is 2. The summed E-state index contributed by atoms with van der Waals surface area (Å²) in [6.07, 6.45) is 1.71. The first kappa shape index (κ1) is 14.0. The van der Waals surface area contributed by atoms with Gasteiger partial charge in [0.05, 0.1) is 11.5 Å². The zero-order chi connectivity index (χ0) is 13.1. The van der Waals surface area contributed by atoms with Crippen molar-refractivity contribution in [3.63, 3.8) is 0 Å². The maximum atomic E-state index is 11.8. The molecule has 2 unspecified atom stereocenters. The minimum atomic E-state index is -0.794. The molecule has 1 aliphatic carbocycles. The third-order valence-electron chi connectivity index (χ3n) is 3.39. The van der Waals surface area contributed by atoms with Gasteiger partial charge in [0.2, 0.25) is 5.91 Å². The zero-order valence-electron chi connectivity index (χ0n) is 10.7. The van der Waals surface area contributed by atoms with E-state index in [9.17, 15) is 9.59 Å². The predicted octanol–water partition coefficient (Wildman–Crippen LogP) is 1.03. The van der Waals surface area contributed by atoms with Gasteiger partial charge in [0, 0.05) is 19.6 Å². The normalized spacial score (nSPS) is 24.6. The lowest BCUT2D eigenvalue weighted by Crippen LogP contribution is -2.41. The lowest BCUT2D eigenvalue weighted by molar-refractivity contribution is -0.141. The number of aliphatic carboxylic acids is 1. The summed E-state index contributed by atoms with van der Waals surface area (Å²) in [5, 5.41) is 11.7. The van der Waals surface area contributed by atoms with E-state index < -0.39 is 5.97 Å². The van der Waals surface area contributed by atoms with Crippen LogP contribution < -0.4 is 5.32 Å². The van der Waals surface area contributed by atoms with Crippen LogP contribution in [0.2, 0.25) is 0 Å². The van der Waals surface area contributed by atoms with Crippen molar-refractivity contribution in [2.75, 3.05) is 13.7 Å². The number of methoxy groups -OCH3 is 1. The minimum absolute atomic E-state index is 0.0566. The summed E-state index contributed by atoms with van der Waals surface area (Å²) in [7, 11) is 1.60. The topological polar surface area (TPSA) is 75.6 Å². The molecule has 17 heavy (non-hydrogen) atoms. The molecular formula is C12H21NO4. The number of ether oxygens (including phenoxy) is 1. The third-order valence-corrected chi connectivity index (χ3v) is 3.39. The molecule has 1 rings (SSSR count). The Morgan fingerprint density at radius 2 is 1.94 bits per heavy atom. The van der Waals surface area contributed by atoms with E-state index in [1.54, 1.807) is 7.11 Å². The second-order valence-electron chi connectivity index (χ2n) is 5.23. The van der Waals surface area contributed by atoms with E-state index in [0.29, 0.717) is 25.8 Å². The summed E-state index contributed by atoms with van der Waals surface area (Å²) in [6.45, 7) is 4.22. The van der Waals surface area contributed by atoms with Gasteiger partial charge in [0.1, 0.15) is 0 Å². The third kappa shape index (κ3) is 4.00. The number of carboxylic acid groups (broad SMARTS) is 1. The molecule has 1 fully saturated rings. The van der Waals surface area contributed by atoms with Crippen molar-refractivity contribution in [2.45, 2.75) is 38.7 Å². The summed E-state index contributed by atoms with van der Waals surface area (Å²) < 4.78 is 5.20. The van der Waals surface area contributed by atoms with E-state index in [1.807, 2.05) is 13.8 Å². The molecule has 0 saturated heterocycles. The summed E-state index contributed by atoms with van der Waals surface area (Å²) in [5.41, 5.74) is -0.388. The van der Waals surface area contributed by atoms with Crippen molar-refractivity contribution in [1.29, 1.82) is 0 Å². The lowest BCUT2D eigenvalue weighted by atomic mass is 10.0. The number of amides is 1. The van der Waals surface area contributed by atoms with Gasteiger partial charge in [-0.3, -0.25) is 9.59 Å². The number of nitrogens with one attached hydrogen (secondary N) is 1. The van der Waals surface area contributed by atoms with Crippen molar-refractivity contribution in [1.82, 2.24) is 5.32 Å². The highest BCUT2D eigenvalue weighted by Gasteiger charge is 2.34. The van der Waals surface area contributed by atoms with Crippen LogP contribution in [0.1, 0.15) is 33.1 Å². The van der Waals surface area contributed by atoms with E-state index in [0.717, 1.165) is 0 Å². The molecule has 5 heteroatoms. The monoisotopic (exact) mass is 243 g/mol. The zero-order valence-corrected chi connectivity index (χ0v) is 10.7. The average Bonchev–Trinajstić information content (AvgIpc) is 2.75. The fourth-order valence-electron chi connectivity index (χ4n) is 1.96. The molecule has 98 valence electrons. The molecule has 0 spiro atoms. The average molecular weight is 243 g/mol. The van der Waals surface area contributed by atoms with E-state index in [4.69, 9.17) is 9.84 Å². The Morgan fingerprint density at radius 1 is 1.35 bits per heavy atom. The predicted molar refractivity (Wildman–Crippen MR) is 62.6 cm³/mol. The van der Waals surface area contributed by atoms with Crippen molar-refractivity contribution in [2.24, 2.45) is 11.8 Å². The molecule has 0 aliphatic heterocycles. The maximum Gasteiger partial charge on any atom is 0.306 e. The molecule has 0 heterocycles. The Kier molecular flexibility index (Phi) is 4.51. The quantitative estimate of drug-likeness (QED) is 0.756. The number of carbonyl (C=O) groups excluding carboxylic acids is 1. The Bertz CT molecular complexity index is 301. The van der Waals surface area contributed by atoms with Crippen LogP contribution in [0.5, 0.6) is 0 Å². The molecule has 0 radical (unpaired) electrons. The van der Waals surface area contributed by atoms with Gasteiger partial charge in [-0.1, -0.05) is 0 Å². The van der Waals surface area contributed by atoms with Gasteiger partial charge >= 0.3 is 5.97 Å². The standard InChI is InChI=1S/C12H21NO4/c1-12(2,17-3)7-13-10(14)8-4-5-9(6-8)11(15)16/h8-9H,4-7H2,1-3H3,(H,13,14)(H,15,16). The van der Waals surface area contributed by atoms with Crippen LogP contribution >= 0.6 is 0 Å². The number of carboxylic acids is 1. The van der Waals surface area contributed by atoms with E-state index in [1.165, 1.54) is 0 Å². The van der Waals surface area contributed by atoms with Crippen LogP contribution in [-0.2, 0) is 14.3 Å². The second-order valence-corrected chi connectivity index (χ2v) is 5.23. The van der Waals surface area contributed by atoms with Gasteiger partial charge in [-0.05, 0) is 33.1 Å². The van der Waals surface area contributed by atoms with Gasteiger partial charge in [-0.2, -0.15) is 0 Å². The molecule has 2 atom stereocenters. The van der Waals surface area contributed by atoms with Gasteiger partial charge in [0.25, 0.3) is 0 Å². The summed E-state index contributed by atoms with van der Waals surface area (Å²) >= 11 is 0. The molecule has 2 N–H and O–H groups in total. The molecule has 1 amide bonds. The maximum absolute atomic E-state index is 11.8. The highest BCUT2D eigenvalue weighted by Crippen LogP contribution is 2.31. The Hall–Kier alpha value is -1.10. The summed E-state index contributed by atoms with van der Waals surface area (Å²) in [6, 6.07) is 0. The number of rotatable bonds is 5. The molecule has 1 aliphatic rings. The van der Waals surface area contributed by atoms with Crippen LogP contribution in [0, 0.1) is 11.8 Å². The fraction of sp³-hybridized carbons (Fsp3) is 0.833. The van der Waals surface area contributed by atoms with E-state index in [-0.39, 0.29) is 23.3 Å². The largest absolute Gasteiger partial charge is 0.481 e. The smallest absolute Gasteiger partial charge is 0.306 e. The van der Waals surface area contributed by atoms with Crippen LogP contribution in [0.4, 0.5) is 0 Å². The Labute approximate surface area is 102 Å². The van der Waals surface area contributed by atoms with Crippen molar-refractivity contribution < 1.29 is 19.4 Å². The van der Waals surface area contributed by atoms with Gasteiger partial charge in [-0.25, -0.2) is 0 Å². The SMILES string of the molecule is COC(C)(C)CNC(=O)C1CCC(C(=O)O)C1. The Balaban J connectivity index is 2.37. The molecule has 0 bridgehead atoms. The number of hydrogen-bond donors (Lipinski definition) is 2. The molecule has 0 aromatic heterocycles. The molecule has 1 saturated carbocycles. The van der Waals surface area contributed by atoms with Crippen LogP contribution in [0.25, 0.3) is 0 Å². The van der Waals surface area contributed by atoms with Crippen molar-refractivity contribution >= 4 is 11.9 Å². The van der Waals surface area contributed by atoms with E-state index >= 15 is 0 Å². The fourth-order valence-corrected chi connectivity index (χ4v) is 1.96. The molecular weight excluding hydrogens is 222 g/mol. The summed E-state index contributed by atoms with van der Waals surface area (Å²) in [4.78, 5) is 22.6. The highest BCUT2D eigenvalue weighted by molar-refractivity contribution is 5.80. The Morgan fingerprint density at radius 3 is 2.41 bits per heavy atom. The van der Waals surface area contributed by atoms with Crippen molar-refractivity contribution in [3.8, 4) is 0 Å². The van der Waals surface area contributed by atoms with Crippen molar-refractivity contribution in [3.05, 3.63) is 0 Å².